The van der Waals surface area contributed by atoms with Crippen molar-refractivity contribution in [3.05, 3.63) is 65.0 Å². The van der Waals surface area contributed by atoms with E-state index >= 15 is 0 Å². The summed E-state index contributed by atoms with van der Waals surface area (Å²) in [6, 6.07) is 14.1. The lowest BCUT2D eigenvalue weighted by Crippen LogP contribution is -1.91. The highest BCUT2D eigenvalue weighted by molar-refractivity contribution is 5.73. The molecule has 0 atom stereocenters. The van der Waals surface area contributed by atoms with Gasteiger partial charge >= 0.3 is 0 Å². The number of aromatic nitrogens is 1. The number of benzene rings is 2. The van der Waals surface area contributed by atoms with Gasteiger partial charge in [-0.3, -0.25) is 0 Å². The van der Waals surface area contributed by atoms with Crippen LogP contribution in [0.25, 0.3) is 11.1 Å². The molecule has 0 aliphatic carbocycles. The zero-order valence-electron chi connectivity index (χ0n) is 11.5. The lowest BCUT2D eigenvalue weighted by Gasteiger charge is -1.99. The van der Waals surface area contributed by atoms with Crippen molar-refractivity contribution in [2.45, 2.75) is 26.4 Å². The average molecular weight is 267 g/mol. The molecule has 0 spiro atoms. The minimum Gasteiger partial charge on any atom is -0.441 e. The van der Waals surface area contributed by atoms with E-state index in [-0.39, 0.29) is 6.61 Å². The molecule has 3 heteroatoms. The van der Waals surface area contributed by atoms with Crippen LogP contribution in [0.4, 0.5) is 0 Å². The lowest BCUT2D eigenvalue weighted by atomic mass is 10.1. The number of oxazole rings is 1. The molecule has 1 aromatic heterocycles. The third-order valence-corrected chi connectivity index (χ3v) is 3.43. The van der Waals surface area contributed by atoms with Crippen molar-refractivity contribution in [1.29, 1.82) is 0 Å². The summed E-state index contributed by atoms with van der Waals surface area (Å²) in [5.74, 6) is 0.746. The molecule has 0 fully saturated rings. The smallest absolute Gasteiger partial charge is 0.195 e. The maximum absolute atomic E-state index is 9.12. The van der Waals surface area contributed by atoms with Crippen molar-refractivity contribution in [3.8, 4) is 0 Å². The quantitative estimate of drug-likeness (QED) is 0.788. The zero-order valence-corrected chi connectivity index (χ0v) is 11.5. The van der Waals surface area contributed by atoms with Crippen molar-refractivity contribution in [2.24, 2.45) is 0 Å². The van der Waals surface area contributed by atoms with Gasteiger partial charge in [-0.15, -0.1) is 0 Å². The van der Waals surface area contributed by atoms with Crippen LogP contribution in [0.15, 0.2) is 46.9 Å². The summed E-state index contributed by atoms with van der Waals surface area (Å²) < 4.78 is 5.73. The predicted octanol–water partition coefficient (Wildman–Crippen LogP) is 3.41. The van der Waals surface area contributed by atoms with E-state index < -0.39 is 0 Å². The van der Waals surface area contributed by atoms with Crippen LogP contribution in [-0.2, 0) is 19.4 Å². The highest BCUT2D eigenvalue weighted by Crippen LogP contribution is 2.18. The largest absolute Gasteiger partial charge is 0.441 e. The molecule has 0 amide bonds. The van der Waals surface area contributed by atoms with Gasteiger partial charge in [0.25, 0.3) is 0 Å². The number of aliphatic hydroxyl groups excluding tert-OH is 1. The van der Waals surface area contributed by atoms with Crippen LogP contribution < -0.4 is 0 Å². The fourth-order valence-corrected chi connectivity index (χ4v) is 2.23. The lowest BCUT2D eigenvalue weighted by molar-refractivity contribution is 0.282. The molecule has 3 rings (SSSR count). The molecule has 0 aliphatic rings. The molecule has 0 saturated heterocycles. The Hall–Kier alpha value is -2.13. The Bertz CT molecular complexity index is 713. The van der Waals surface area contributed by atoms with E-state index in [1.54, 1.807) is 0 Å². The number of hydrogen-bond acceptors (Lipinski definition) is 3. The van der Waals surface area contributed by atoms with Gasteiger partial charge in [0.1, 0.15) is 5.52 Å². The monoisotopic (exact) mass is 267 g/mol. The number of fused-ring (bicyclic) bond motifs is 1. The Kier molecular flexibility index (Phi) is 3.52. The van der Waals surface area contributed by atoms with Crippen LogP contribution in [0.3, 0.4) is 0 Å². The Morgan fingerprint density at radius 3 is 2.50 bits per heavy atom. The third-order valence-electron chi connectivity index (χ3n) is 3.43. The van der Waals surface area contributed by atoms with Crippen molar-refractivity contribution in [3.63, 3.8) is 0 Å². The molecule has 2 aromatic carbocycles. The minimum atomic E-state index is 0.0232. The summed E-state index contributed by atoms with van der Waals surface area (Å²) in [5.41, 5.74) is 5.00. The molecule has 0 radical (unpaired) electrons. The van der Waals surface area contributed by atoms with Gasteiger partial charge in [0.15, 0.2) is 11.5 Å². The Morgan fingerprint density at radius 1 is 1.00 bits per heavy atom. The van der Waals surface area contributed by atoms with Crippen LogP contribution >= 0.6 is 0 Å². The second kappa shape index (κ2) is 5.47. The first kappa shape index (κ1) is 12.9. The van der Waals surface area contributed by atoms with E-state index in [1.807, 2.05) is 18.2 Å². The number of hydrogen-bond donors (Lipinski definition) is 1. The van der Waals surface area contributed by atoms with E-state index in [0.717, 1.165) is 35.4 Å². The second-order valence-electron chi connectivity index (χ2n) is 5.05. The summed E-state index contributed by atoms with van der Waals surface area (Å²) in [5, 5.41) is 9.12. The average Bonchev–Trinajstić information content (AvgIpc) is 2.88. The van der Waals surface area contributed by atoms with Crippen LogP contribution in [0.1, 0.15) is 22.6 Å². The topological polar surface area (TPSA) is 46.3 Å². The SMILES string of the molecule is Cc1ccc(CCc2nc3ccc(CO)cc3o2)cc1. The van der Waals surface area contributed by atoms with Crippen LogP contribution in [0.5, 0.6) is 0 Å². The molecule has 20 heavy (non-hydrogen) atoms. The van der Waals surface area contributed by atoms with Gasteiger partial charge in [-0.05, 0) is 36.6 Å². The van der Waals surface area contributed by atoms with Crippen molar-refractivity contribution >= 4 is 11.1 Å². The summed E-state index contributed by atoms with van der Waals surface area (Å²) in [4.78, 5) is 4.47. The molecule has 0 unspecified atom stereocenters. The normalized spacial score (nSPS) is 11.1. The maximum atomic E-state index is 9.12. The van der Waals surface area contributed by atoms with Gasteiger partial charge in [0.05, 0.1) is 6.61 Å². The highest BCUT2D eigenvalue weighted by Gasteiger charge is 2.06. The van der Waals surface area contributed by atoms with E-state index in [2.05, 4.69) is 36.2 Å². The van der Waals surface area contributed by atoms with Gasteiger partial charge in [0, 0.05) is 6.42 Å². The zero-order chi connectivity index (χ0) is 13.9. The number of nitrogens with zero attached hydrogens (tertiary/aromatic N) is 1. The number of rotatable bonds is 4. The molecule has 1 heterocycles. The molecular weight excluding hydrogens is 250 g/mol. The molecule has 3 aromatic rings. The fraction of sp³-hybridized carbons (Fsp3) is 0.235. The van der Waals surface area contributed by atoms with Gasteiger partial charge in [-0.1, -0.05) is 35.9 Å². The van der Waals surface area contributed by atoms with Crippen molar-refractivity contribution < 1.29 is 9.52 Å². The van der Waals surface area contributed by atoms with Crippen LogP contribution in [0.2, 0.25) is 0 Å². The predicted molar refractivity (Wildman–Crippen MR) is 78.5 cm³/mol. The molecule has 0 aliphatic heterocycles. The fourth-order valence-electron chi connectivity index (χ4n) is 2.23. The Labute approximate surface area is 117 Å². The van der Waals surface area contributed by atoms with E-state index in [0.29, 0.717) is 0 Å². The summed E-state index contributed by atoms with van der Waals surface area (Å²) in [7, 11) is 0. The molecular formula is C17H17NO2. The minimum absolute atomic E-state index is 0.0232. The summed E-state index contributed by atoms with van der Waals surface area (Å²) >= 11 is 0. The first-order chi connectivity index (χ1) is 9.74. The summed E-state index contributed by atoms with van der Waals surface area (Å²) in [6.07, 6.45) is 1.70. The second-order valence-corrected chi connectivity index (χ2v) is 5.05. The van der Waals surface area contributed by atoms with Gasteiger partial charge in [-0.2, -0.15) is 0 Å². The molecule has 102 valence electrons. The van der Waals surface area contributed by atoms with Crippen LogP contribution in [-0.4, -0.2) is 10.1 Å². The van der Waals surface area contributed by atoms with Crippen molar-refractivity contribution in [2.75, 3.05) is 0 Å². The van der Waals surface area contributed by atoms with Crippen molar-refractivity contribution in [1.82, 2.24) is 4.98 Å². The molecule has 1 N–H and O–H groups in total. The van der Waals surface area contributed by atoms with Gasteiger partial charge < -0.3 is 9.52 Å². The molecule has 3 nitrogen and oxygen atoms in total. The maximum Gasteiger partial charge on any atom is 0.195 e. The number of aliphatic hydroxyl groups is 1. The first-order valence-corrected chi connectivity index (χ1v) is 6.79. The van der Waals surface area contributed by atoms with Gasteiger partial charge in [0.2, 0.25) is 0 Å². The summed E-state index contributed by atoms with van der Waals surface area (Å²) in [6.45, 7) is 2.11. The highest BCUT2D eigenvalue weighted by atomic mass is 16.3. The molecule has 0 saturated carbocycles. The Morgan fingerprint density at radius 2 is 1.75 bits per heavy atom. The van der Waals surface area contributed by atoms with Crippen LogP contribution in [0, 0.1) is 6.92 Å². The Balaban J connectivity index is 1.75. The third kappa shape index (κ3) is 2.73. The van der Waals surface area contributed by atoms with E-state index in [1.165, 1.54) is 11.1 Å². The first-order valence-electron chi connectivity index (χ1n) is 6.79. The van der Waals surface area contributed by atoms with E-state index in [4.69, 9.17) is 9.52 Å². The molecule has 0 bridgehead atoms. The standard InChI is InChI=1S/C17H17NO2/c1-12-2-4-13(5-3-12)7-9-17-18-15-8-6-14(11-19)10-16(15)20-17/h2-6,8,10,19H,7,9,11H2,1H3. The van der Waals surface area contributed by atoms with E-state index in [9.17, 15) is 0 Å². The van der Waals surface area contributed by atoms with Gasteiger partial charge in [-0.25, -0.2) is 4.98 Å². The number of aryl methyl sites for hydroxylation is 3.